The minimum Gasteiger partial charge on any atom is -0.474 e. The molecule has 176 valence electrons. The molecular weight excluding hydrogens is 509 g/mol. The number of carbonyl (C=O) groups excluding carboxylic acids is 1. The first-order valence-corrected chi connectivity index (χ1v) is 10.6. The first kappa shape index (κ1) is 27.3. The van der Waals surface area contributed by atoms with Gasteiger partial charge in [0.2, 0.25) is 5.88 Å². The monoisotopic (exact) mass is 547 g/mol. The van der Waals surface area contributed by atoms with Gasteiger partial charge >= 0.3 is 6.09 Å². The number of guanidine groups is 1. The van der Waals surface area contributed by atoms with E-state index in [4.69, 9.17) is 9.47 Å². The topological polar surface area (TPSA) is 96.9 Å². The molecule has 1 amide bonds. The zero-order chi connectivity index (χ0) is 22.2. The highest BCUT2D eigenvalue weighted by molar-refractivity contribution is 14.0. The van der Waals surface area contributed by atoms with Gasteiger partial charge < -0.3 is 25.4 Å². The van der Waals surface area contributed by atoms with Crippen molar-refractivity contribution in [2.45, 2.75) is 84.1 Å². The summed E-state index contributed by atoms with van der Waals surface area (Å²) in [5.74, 6) is 1.32. The van der Waals surface area contributed by atoms with Gasteiger partial charge in [0.05, 0.1) is 5.54 Å². The van der Waals surface area contributed by atoms with E-state index in [0.717, 1.165) is 18.4 Å². The van der Waals surface area contributed by atoms with E-state index >= 15 is 0 Å². The van der Waals surface area contributed by atoms with Gasteiger partial charge in [-0.1, -0.05) is 6.07 Å². The van der Waals surface area contributed by atoms with E-state index in [-0.39, 0.29) is 24.0 Å². The molecule has 0 aromatic carbocycles. The Hall–Kier alpha value is -1.78. The Morgan fingerprint density at radius 3 is 2.39 bits per heavy atom. The van der Waals surface area contributed by atoms with Crippen LogP contribution < -0.4 is 20.7 Å². The number of hydrogen-bond acceptors (Lipinski definition) is 5. The van der Waals surface area contributed by atoms with Crippen LogP contribution >= 0.6 is 24.0 Å². The number of halogens is 1. The molecule has 0 unspecified atom stereocenters. The quantitative estimate of drug-likeness (QED) is 0.272. The Labute approximate surface area is 203 Å². The highest BCUT2D eigenvalue weighted by atomic mass is 127. The second kappa shape index (κ2) is 12.3. The van der Waals surface area contributed by atoms with E-state index in [1.165, 1.54) is 12.8 Å². The van der Waals surface area contributed by atoms with Gasteiger partial charge in [-0.2, -0.15) is 0 Å². The van der Waals surface area contributed by atoms with Gasteiger partial charge in [-0.15, -0.1) is 24.0 Å². The average molecular weight is 547 g/mol. The number of rotatable bonds is 7. The zero-order valence-corrected chi connectivity index (χ0v) is 21.9. The summed E-state index contributed by atoms with van der Waals surface area (Å²) in [6.45, 7) is 10.4. The van der Waals surface area contributed by atoms with Gasteiger partial charge in [-0.05, 0) is 65.9 Å². The van der Waals surface area contributed by atoms with Crippen molar-refractivity contribution < 1.29 is 14.3 Å². The molecule has 0 saturated heterocycles. The number of nitrogens with one attached hydrogen (secondary N) is 3. The lowest BCUT2D eigenvalue weighted by Gasteiger charge is -2.29. The second-order valence-electron chi connectivity index (χ2n) is 9.32. The number of ether oxygens (including phenoxy) is 2. The molecule has 0 spiro atoms. The van der Waals surface area contributed by atoms with Gasteiger partial charge in [0.15, 0.2) is 5.96 Å². The van der Waals surface area contributed by atoms with E-state index in [1.54, 1.807) is 7.05 Å². The zero-order valence-electron chi connectivity index (χ0n) is 19.6. The molecule has 0 aliphatic heterocycles. The van der Waals surface area contributed by atoms with Gasteiger partial charge in [0.25, 0.3) is 0 Å². The molecule has 1 aromatic rings. The van der Waals surface area contributed by atoms with E-state index in [0.29, 0.717) is 31.0 Å². The number of alkyl carbamates (subject to hydrolysis) is 1. The van der Waals surface area contributed by atoms with Crippen molar-refractivity contribution in [2.75, 3.05) is 13.6 Å². The van der Waals surface area contributed by atoms with E-state index < -0.39 is 17.2 Å². The summed E-state index contributed by atoms with van der Waals surface area (Å²) in [4.78, 5) is 20.7. The van der Waals surface area contributed by atoms with Crippen molar-refractivity contribution in [3.05, 3.63) is 23.9 Å². The molecule has 0 bridgehead atoms. The molecular formula is C22H38IN5O3. The summed E-state index contributed by atoms with van der Waals surface area (Å²) in [6.07, 6.45) is 6.40. The van der Waals surface area contributed by atoms with Crippen LogP contribution in [0.5, 0.6) is 5.88 Å². The van der Waals surface area contributed by atoms with Crippen LogP contribution in [0.4, 0.5) is 4.79 Å². The van der Waals surface area contributed by atoms with Crippen molar-refractivity contribution in [1.82, 2.24) is 20.9 Å². The van der Waals surface area contributed by atoms with Crippen LogP contribution in [0.3, 0.4) is 0 Å². The lowest BCUT2D eigenvalue weighted by atomic mass is 10.1. The molecule has 1 aromatic heterocycles. The normalized spacial score (nSPS) is 15.1. The summed E-state index contributed by atoms with van der Waals surface area (Å²) < 4.78 is 11.2. The fourth-order valence-corrected chi connectivity index (χ4v) is 3.10. The fraction of sp³-hybridized carbons (Fsp3) is 0.682. The fourth-order valence-electron chi connectivity index (χ4n) is 3.10. The molecule has 1 fully saturated rings. The standard InChI is InChI=1S/C22H37N5O3.HI/c1-21(2,3)30-20(28)27-22(4,5)15-26-19(23-6)25-14-16-11-12-18(24-13-16)29-17-9-7-8-10-17;/h11-13,17H,7-10,14-15H2,1-6H3,(H,27,28)(H2,23,25,26);1H. The van der Waals surface area contributed by atoms with E-state index in [2.05, 4.69) is 25.9 Å². The van der Waals surface area contributed by atoms with Gasteiger partial charge in [-0.25, -0.2) is 9.78 Å². The summed E-state index contributed by atoms with van der Waals surface area (Å²) >= 11 is 0. The molecule has 1 heterocycles. The number of carbonyl (C=O) groups is 1. The Bertz CT molecular complexity index is 711. The molecule has 2 rings (SSSR count). The van der Waals surface area contributed by atoms with Crippen LogP contribution in [-0.4, -0.2) is 47.9 Å². The molecule has 3 N–H and O–H groups in total. The van der Waals surface area contributed by atoms with E-state index in [9.17, 15) is 4.79 Å². The van der Waals surface area contributed by atoms with Crippen LogP contribution in [0, 0.1) is 0 Å². The molecule has 1 aliphatic rings. The third-order valence-corrected chi connectivity index (χ3v) is 4.61. The van der Waals surface area contributed by atoms with Crippen molar-refractivity contribution in [2.24, 2.45) is 4.99 Å². The molecule has 31 heavy (non-hydrogen) atoms. The summed E-state index contributed by atoms with van der Waals surface area (Å²) in [7, 11) is 1.71. The van der Waals surface area contributed by atoms with Gasteiger partial charge in [0, 0.05) is 32.4 Å². The van der Waals surface area contributed by atoms with Crippen LogP contribution in [0.15, 0.2) is 23.3 Å². The molecule has 8 nitrogen and oxygen atoms in total. The first-order chi connectivity index (χ1) is 14.1. The molecule has 0 radical (unpaired) electrons. The summed E-state index contributed by atoms with van der Waals surface area (Å²) in [5.41, 5.74) is -0.0136. The lowest BCUT2D eigenvalue weighted by molar-refractivity contribution is 0.0474. The average Bonchev–Trinajstić information content (AvgIpc) is 3.14. The van der Waals surface area contributed by atoms with Crippen LogP contribution in [0.1, 0.15) is 65.9 Å². The Morgan fingerprint density at radius 1 is 1.16 bits per heavy atom. The van der Waals surface area contributed by atoms with Crippen molar-refractivity contribution in [3.8, 4) is 5.88 Å². The maximum absolute atomic E-state index is 12.0. The Morgan fingerprint density at radius 2 is 1.84 bits per heavy atom. The number of aromatic nitrogens is 1. The minimum atomic E-state index is -0.531. The van der Waals surface area contributed by atoms with Crippen molar-refractivity contribution in [3.63, 3.8) is 0 Å². The SMILES string of the molecule is CN=C(NCc1ccc(OC2CCCC2)nc1)NCC(C)(C)NC(=O)OC(C)(C)C.I. The van der Waals surface area contributed by atoms with Crippen LogP contribution in [0.2, 0.25) is 0 Å². The number of hydrogen-bond donors (Lipinski definition) is 3. The van der Waals surface area contributed by atoms with Crippen LogP contribution in [0.25, 0.3) is 0 Å². The Balaban J connectivity index is 0.00000480. The molecule has 9 heteroatoms. The predicted molar refractivity (Wildman–Crippen MR) is 134 cm³/mol. The first-order valence-electron chi connectivity index (χ1n) is 10.6. The highest BCUT2D eigenvalue weighted by Crippen LogP contribution is 2.22. The predicted octanol–water partition coefficient (Wildman–Crippen LogP) is 3.99. The third kappa shape index (κ3) is 10.9. The lowest BCUT2D eigenvalue weighted by Crippen LogP contribution is -2.54. The third-order valence-electron chi connectivity index (χ3n) is 4.61. The van der Waals surface area contributed by atoms with Gasteiger partial charge in [0.1, 0.15) is 11.7 Å². The maximum Gasteiger partial charge on any atom is 0.408 e. The number of pyridine rings is 1. The number of nitrogens with zero attached hydrogens (tertiary/aromatic N) is 2. The molecule has 1 aliphatic carbocycles. The number of aliphatic imine (C=N–C) groups is 1. The number of amides is 1. The van der Waals surface area contributed by atoms with Gasteiger partial charge in [-0.3, -0.25) is 4.99 Å². The van der Waals surface area contributed by atoms with Crippen molar-refractivity contribution in [1.29, 1.82) is 0 Å². The van der Waals surface area contributed by atoms with Crippen LogP contribution in [-0.2, 0) is 11.3 Å². The summed E-state index contributed by atoms with van der Waals surface area (Å²) in [5, 5.41) is 9.36. The second-order valence-corrected chi connectivity index (χ2v) is 9.32. The molecule has 1 saturated carbocycles. The maximum atomic E-state index is 12.0. The molecule has 0 atom stereocenters. The smallest absolute Gasteiger partial charge is 0.408 e. The van der Waals surface area contributed by atoms with E-state index in [1.807, 2.05) is 52.9 Å². The van der Waals surface area contributed by atoms with Crippen molar-refractivity contribution >= 4 is 36.0 Å². The minimum absolute atomic E-state index is 0. The Kier molecular flexibility index (Phi) is 10.8. The largest absolute Gasteiger partial charge is 0.474 e. The summed E-state index contributed by atoms with van der Waals surface area (Å²) in [6, 6.07) is 3.92. The highest BCUT2D eigenvalue weighted by Gasteiger charge is 2.24.